The number of likely N-dealkylation sites (N-methyl/N-ethyl adjacent to an activating group) is 1. The number of benzene rings is 1. The topological polar surface area (TPSA) is 58.7 Å². The highest BCUT2D eigenvalue weighted by Gasteiger charge is 2.47. The number of aryl methyl sites for hydroxylation is 1. The zero-order valence-electron chi connectivity index (χ0n) is 13.9. The maximum Gasteiger partial charge on any atom is 0.261 e. The van der Waals surface area contributed by atoms with Crippen LogP contribution in [0.1, 0.15) is 57.1 Å². The van der Waals surface area contributed by atoms with Gasteiger partial charge in [-0.15, -0.1) is 0 Å². The molecule has 4 heteroatoms. The summed E-state index contributed by atoms with van der Waals surface area (Å²) < 4.78 is 0. The molecule has 120 valence electrons. The van der Waals surface area contributed by atoms with Crippen molar-refractivity contribution in [3.63, 3.8) is 0 Å². The summed E-state index contributed by atoms with van der Waals surface area (Å²) >= 11 is 0. The quantitative estimate of drug-likeness (QED) is 0.840. The van der Waals surface area contributed by atoms with Crippen molar-refractivity contribution in [1.29, 1.82) is 0 Å². The van der Waals surface area contributed by atoms with Crippen LogP contribution < -0.4 is 5.73 Å². The molecule has 1 aromatic rings. The van der Waals surface area contributed by atoms with Gasteiger partial charge in [0.1, 0.15) is 0 Å². The molecular formula is C18H27N3O. The van der Waals surface area contributed by atoms with Crippen molar-refractivity contribution in [3.8, 4) is 0 Å². The Morgan fingerprint density at radius 1 is 1.23 bits per heavy atom. The van der Waals surface area contributed by atoms with Crippen LogP contribution in [0.3, 0.4) is 0 Å². The molecule has 0 aromatic heterocycles. The minimum Gasteiger partial charge on any atom is -0.369 e. The lowest BCUT2D eigenvalue weighted by atomic mass is 9.84. The molecule has 0 spiro atoms. The largest absolute Gasteiger partial charge is 0.369 e. The average Bonchev–Trinajstić information content (AvgIpc) is 2.76. The number of carbonyl (C=O) groups excluding carboxylic acids is 1. The van der Waals surface area contributed by atoms with Gasteiger partial charge in [-0.05, 0) is 30.4 Å². The summed E-state index contributed by atoms with van der Waals surface area (Å²) in [7, 11) is 1.70. The van der Waals surface area contributed by atoms with Gasteiger partial charge in [-0.1, -0.05) is 57.4 Å². The molecule has 0 fully saturated rings. The first-order valence-electron chi connectivity index (χ1n) is 8.28. The Bertz CT molecular complexity index is 567. The van der Waals surface area contributed by atoms with Crippen LogP contribution in [0.2, 0.25) is 0 Å². The molecule has 2 N–H and O–H groups in total. The number of aliphatic imine (C=N–C) groups is 1. The number of nitrogens with two attached hydrogens (primary N) is 1. The summed E-state index contributed by atoms with van der Waals surface area (Å²) in [4.78, 5) is 18.9. The van der Waals surface area contributed by atoms with E-state index in [0.717, 1.165) is 37.7 Å². The van der Waals surface area contributed by atoms with Gasteiger partial charge >= 0.3 is 0 Å². The van der Waals surface area contributed by atoms with E-state index in [9.17, 15) is 4.79 Å². The number of guanidine groups is 1. The fourth-order valence-electron chi connectivity index (χ4n) is 2.99. The Hall–Kier alpha value is -1.84. The van der Waals surface area contributed by atoms with Gasteiger partial charge in [-0.3, -0.25) is 9.69 Å². The number of amides is 1. The predicted octanol–water partition coefficient (Wildman–Crippen LogP) is 3.20. The molecule has 0 aliphatic carbocycles. The number of nitrogens with zero attached hydrogens (tertiary/aromatic N) is 2. The lowest BCUT2D eigenvalue weighted by Crippen LogP contribution is -2.40. The minimum absolute atomic E-state index is 0.00825. The lowest BCUT2D eigenvalue weighted by Gasteiger charge is -2.26. The molecule has 2 rings (SSSR count). The fourth-order valence-corrected chi connectivity index (χ4v) is 2.99. The molecule has 0 radical (unpaired) electrons. The molecule has 1 unspecified atom stereocenters. The minimum atomic E-state index is -0.822. The molecule has 22 heavy (non-hydrogen) atoms. The summed E-state index contributed by atoms with van der Waals surface area (Å²) in [6, 6.07) is 8.31. The maximum atomic E-state index is 12.8. The molecule has 1 heterocycles. The molecule has 1 atom stereocenters. The van der Waals surface area contributed by atoms with Gasteiger partial charge in [0, 0.05) is 7.05 Å². The van der Waals surface area contributed by atoms with Crippen LogP contribution in [0.4, 0.5) is 0 Å². The second kappa shape index (κ2) is 6.95. The summed E-state index contributed by atoms with van der Waals surface area (Å²) in [5, 5.41) is 0. The van der Waals surface area contributed by atoms with E-state index in [0.29, 0.717) is 12.4 Å². The second-order valence-electron chi connectivity index (χ2n) is 6.10. The van der Waals surface area contributed by atoms with Crippen LogP contribution in [-0.4, -0.2) is 23.8 Å². The van der Waals surface area contributed by atoms with Gasteiger partial charge in [-0.25, -0.2) is 4.99 Å². The van der Waals surface area contributed by atoms with Crippen LogP contribution in [0.5, 0.6) is 0 Å². The van der Waals surface area contributed by atoms with E-state index in [-0.39, 0.29) is 5.91 Å². The van der Waals surface area contributed by atoms with Gasteiger partial charge in [0.05, 0.1) is 0 Å². The first kappa shape index (κ1) is 16.5. The molecule has 0 saturated heterocycles. The van der Waals surface area contributed by atoms with Crippen LogP contribution in [0, 0.1) is 0 Å². The highest BCUT2D eigenvalue weighted by atomic mass is 16.2. The van der Waals surface area contributed by atoms with Crippen molar-refractivity contribution in [2.45, 2.75) is 57.9 Å². The predicted molar refractivity (Wildman–Crippen MR) is 90.6 cm³/mol. The van der Waals surface area contributed by atoms with Crippen molar-refractivity contribution in [3.05, 3.63) is 35.4 Å². The monoisotopic (exact) mass is 301 g/mol. The third kappa shape index (κ3) is 3.01. The normalized spacial score (nSPS) is 21.3. The summed E-state index contributed by atoms with van der Waals surface area (Å²) in [5.41, 5.74) is 7.35. The highest BCUT2D eigenvalue weighted by Crippen LogP contribution is 2.37. The fraction of sp³-hybridized carbons (Fsp3) is 0.556. The molecule has 1 amide bonds. The van der Waals surface area contributed by atoms with Gasteiger partial charge < -0.3 is 5.73 Å². The summed E-state index contributed by atoms with van der Waals surface area (Å²) in [5.74, 6) is 0.311. The van der Waals surface area contributed by atoms with Crippen molar-refractivity contribution in [2.75, 3.05) is 7.05 Å². The second-order valence-corrected chi connectivity index (χ2v) is 6.10. The Kier molecular flexibility index (Phi) is 5.22. The van der Waals surface area contributed by atoms with Crippen molar-refractivity contribution in [2.24, 2.45) is 10.7 Å². The van der Waals surface area contributed by atoms with E-state index in [2.05, 4.69) is 31.0 Å². The van der Waals surface area contributed by atoms with Crippen LogP contribution in [0.15, 0.2) is 29.3 Å². The highest BCUT2D eigenvalue weighted by molar-refractivity contribution is 6.06. The van der Waals surface area contributed by atoms with Crippen molar-refractivity contribution in [1.82, 2.24) is 4.90 Å². The number of hydrogen-bond acceptors (Lipinski definition) is 3. The number of unbranched alkanes of at least 4 members (excludes halogenated alkanes) is 2. The van der Waals surface area contributed by atoms with Gasteiger partial charge in [0.15, 0.2) is 11.5 Å². The molecule has 1 aliphatic rings. The number of carbonyl (C=O) groups is 1. The van der Waals surface area contributed by atoms with E-state index in [4.69, 9.17) is 5.73 Å². The first-order valence-corrected chi connectivity index (χ1v) is 8.28. The zero-order chi connectivity index (χ0) is 16.2. The Labute approximate surface area is 133 Å². The van der Waals surface area contributed by atoms with Crippen LogP contribution >= 0.6 is 0 Å². The summed E-state index contributed by atoms with van der Waals surface area (Å²) in [6.07, 6.45) is 6.06. The lowest BCUT2D eigenvalue weighted by molar-refractivity contribution is -0.130. The van der Waals surface area contributed by atoms with E-state index >= 15 is 0 Å². The van der Waals surface area contributed by atoms with E-state index in [1.807, 2.05) is 12.1 Å². The molecule has 4 nitrogen and oxygen atoms in total. The van der Waals surface area contributed by atoms with Crippen molar-refractivity contribution >= 4 is 11.9 Å². The molecular weight excluding hydrogens is 274 g/mol. The molecule has 0 saturated carbocycles. The van der Waals surface area contributed by atoms with Gasteiger partial charge in [-0.2, -0.15) is 0 Å². The third-order valence-electron chi connectivity index (χ3n) is 4.42. The van der Waals surface area contributed by atoms with E-state index < -0.39 is 5.54 Å². The van der Waals surface area contributed by atoms with E-state index in [1.54, 1.807) is 7.05 Å². The number of hydrogen-bond donors (Lipinski definition) is 1. The third-order valence-corrected chi connectivity index (χ3v) is 4.42. The molecule has 1 aliphatic heterocycles. The zero-order valence-corrected chi connectivity index (χ0v) is 13.9. The van der Waals surface area contributed by atoms with Crippen LogP contribution in [0.25, 0.3) is 0 Å². The first-order chi connectivity index (χ1) is 10.5. The van der Waals surface area contributed by atoms with Gasteiger partial charge in [0.2, 0.25) is 0 Å². The van der Waals surface area contributed by atoms with Crippen LogP contribution in [-0.2, 0) is 16.8 Å². The van der Waals surface area contributed by atoms with E-state index in [1.165, 1.54) is 10.5 Å². The van der Waals surface area contributed by atoms with Crippen molar-refractivity contribution < 1.29 is 4.79 Å². The smallest absolute Gasteiger partial charge is 0.261 e. The Morgan fingerprint density at radius 3 is 2.55 bits per heavy atom. The maximum absolute atomic E-state index is 12.8. The van der Waals surface area contributed by atoms with Gasteiger partial charge in [0.25, 0.3) is 5.91 Å². The molecule has 1 aromatic carbocycles. The Morgan fingerprint density at radius 2 is 1.95 bits per heavy atom. The summed E-state index contributed by atoms with van der Waals surface area (Å²) in [6.45, 7) is 4.31. The molecule has 0 bridgehead atoms. The standard InChI is InChI=1S/C18H27N3O/c1-4-6-9-14-10-8-11-15(13-14)18(12-7-5-2)16(22)21(3)17(19)20-18/h8,10-11,13H,4-7,9,12H2,1-3H3,(H2,19,20). The SMILES string of the molecule is CCCCc1cccc(C2(CCCC)N=C(N)N(C)C2=O)c1. The average molecular weight is 301 g/mol. The Balaban J connectivity index is 2.40. The number of rotatable bonds is 7.